The topological polar surface area (TPSA) is 120 Å². The maximum absolute atomic E-state index is 12.7. The van der Waals surface area contributed by atoms with Crippen molar-refractivity contribution in [3.8, 4) is 5.69 Å². The largest absolute Gasteiger partial charge is 0.336 e. The molecule has 10 heteroatoms. The molecular weight excluding hydrogens is 348 g/mol. The summed E-state index contributed by atoms with van der Waals surface area (Å²) in [4.78, 5) is 29.1. The third kappa shape index (κ3) is 3.62. The van der Waals surface area contributed by atoms with Crippen molar-refractivity contribution in [1.29, 1.82) is 0 Å². The van der Waals surface area contributed by atoms with Crippen LogP contribution < -0.4 is 5.73 Å². The zero-order valence-corrected chi connectivity index (χ0v) is 14.4. The van der Waals surface area contributed by atoms with Crippen molar-refractivity contribution in [3.05, 3.63) is 46.5 Å². The zero-order chi connectivity index (χ0) is 17.3. The number of benzene rings is 1. The van der Waals surface area contributed by atoms with Crippen LogP contribution in [0.25, 0.3) is 5.69 Å². The molecular formula is C15H19ClN6O3. The second-order valence-corrected chi connectivity index (χ2v) is 5.94. The summed E-state index contributed by atoms with van der Waals surface area (Å²) >= 11 is 0. The molecule has 0 spiro atoms. The third-order valence-electron chi connectivity index (χ3n) is 4.34. The first kappa shape index (κ1) is 18.8. The number of rotatable bonds is 4. The molecule has 2 N–H and O–H groups in total. The first-order valence-electron chi connectivity index (χ1n) is 7.65. The maximum atomic E-state index is 12.7. The fourth-order valence-electron chi connectivity index (χ4n) is 3.09. The highest BCUT2D eigenvalue weighted by Gasteiger charge is 2.33. The van der Waals surface area contributed by atoms with E-state index in [-0.39, 0.29) is 47.2 Å². The molecule has 0 aliphatic carbocycles. The van der Waals surface area contributed by atoms with Crippen LogP contribution in [0.1, 0.15) is 23.7 Å². The van der Waals surface area contributed by atoms with Crippen LogP contribution in [0.3, 0.4) is 0 Å². The van der Waals surface area contributed by atoms with Gasteiger partial charge in [0, 0.05) is 24.2 Å². The Morgan fingerprint density at radius 1 is 1.48 bits per heavy atom. The van der Waals surface area contributed by atoms with Crippen LogP contribution >= 0.6 is 12.4 Å². The van der Waals surface area contributed by atoms with Crippen LogP contribution in [0, 0.1) is 16.0 Å². The lowest BCUT2D eigenvalue weighted by atomic mass is 10.1. The van der Waals surface area contributed by atoms with Gasteiger partial charge < -0.3 is 10.6 Å². The molecule has 9 nitrogen and oxygen atoms in total. The number of hydrogen-bond acceptors (Lipinski definition) is 6. The minimum Gasteiger partial charge on any atom is -0.336 e. The predicted molar refractivity (Wildman–Crippen MR) is 92.9 cm³/mol. The lowest BCUT2D eigenvalue weighted by Gasteiger charge is -2.21. The lowest BCUT2D eigenvalue weighted by Crippen LogP contribution is -2.34. The van der Waals surface area contributed by atoms with Crippen LogP contribution in [0.4, 0.5) is 5.69 Å². The lowest BCUT2D eigenvalue weighted by molar-refractivity contribution is -0.384. The molecule has 3 rings (SSSR count). The van der Waals surface area contributed by atoms with Crippen molar-refractivity contribution < 1.29 is 9.72 Å². The van der Waals surface area contributed by atoms with Crippen LogP contribution in [0.2, 0.25) is 0 Å². The summed E-state index contributed by atoms with van der Waals surface area (Å²) in [5, 5.41) is 15.3. The average molecular weight is 367 g/mol. The van der Waals surface area contributed by atoms with Gasteiger partial charge in [-0.3, -0.25) is 14.9 Å². The highest BCUT2D eigenvalue weighted by molar-refractivity contribution is 5.95. The van der Waals surface area contributed by atoms with E-state index in [0.29, 0.717) is 13.1 Å². The van der Waals surface area contributed by atoms with Gasteiger partial charge in [-0.1, -0.05) is 0 Å². The molecule has 2 atom stereocenters. The van der Waals surface area contributed by atoms with Gasteiger partial charge in [-0.25, -0.2) is 9.67 Å². The van der Waals surface area contributed by atoms with Gasteiger partial charge in [0.2, 0.25) is 0 Å². The van der Waals surface area contributed by atoms with E-state index < -0.39 is 4.92 Å². The number of carbonyl (C=O) groups is 1. The SMILES string of the molecule is CC1CC(CN)CN1C(=O)c1ccc(-n2cncn2)c([N+](=O)[O-])c1.Cl. The van der Waals surface area contributed by atoms with Gasteiger partial charge in [-0.05, 0) is 37.9 Å². The van der Waals surface area contributed by atoms with E-state index >= 15 is 0 Å². The van der Waals surface area contributed by atoms with E-state index in [0.717, 1.165) is 6.42 Å². The molecule has 2 aromatic rings. The zero-order valence-electron chi connectivity index (χ0n) is 13.6. The summed E-state index contributed by atoms with van der Waals surface area (Å²) in [5.41, 5.74) is 6.06. The van der Waals surface area contributed by atoms with E-state index in [1.165, 1.54) is 29.5 Å². The predicted octanol–water partition coefficient (Wildman–Crippen LogP) is 1.41. The number of carbonyl (C=O) groups excluding carboxylic acids is 1. The first-order chi connectivity index (χ1) is 11.5. The van der Waals surface area contributed by atoms with Crippen LogP contribution in [-0.2, 0) is 0 Å². The Hall–Kier alpha value is -2.52. The van der Waals surface area contributed by atoms with E-state index in [4.69, 9.17) is 5.73 Å². The van der Waals surface area contributed by atoms with Crippen LogP contribution in [0.5, 0.6) is 0 Å². The van der Waals surface area contributed by atoms with Gasteiger partial charge in [-0.2, -0.15) is 5.10 Å². The number of hydrogen-bond donors (Lipinski definition) is 1. The Labute approximate surface area is 150 Å². The molecule has 1 aliphatic heterocycles. The monoisotopic (exact) mass is 366 g/mol. The first-order valence-corrected chi connectivity index (χ1v) is 7.65. The van der Waals surface area contributed by atoms with Crippen LogP contribution in [0.15, 0.2) is 30.9 Å². The number of nitrogens with zero attached hydrogens (tertiary/aromatic N) is 5. The second-order valence-electron chi connectivity index (χ2n) is 5.94. The number of nitrogens with two attached hydrogens (primary N) is 1. The highest BCUT2D eigenvalue weighted by atomic mass is 35.5. The van der Waals surface area contributed by atoms with Crippen molar-refractivity contribution >= 4 is 24.0 Å². The molecule has 1 fully saturated rings. The van der Waals surface area contributed by atoms with E-state index in [1.807, 2.05) is 6.92 Å². The Bertz CT molecular complexity index is 767. The molecule has 1 aromatic carbocycles. The fourth-order valence-corrected chi connectivity index (χ4v) is 3.09. The summed E-state index contributed by atoms with van der Waals surface area (Å²) in [5.74, 6) is 0.0556. The Morgan fingerprint density at radius 3 is 2.80 bits per heavy atom. The molecule has 1 aliphatic rings. The molecule has 1 saturated heterocycles. The summed E-state index contributed by atoms with van der Waals surface area (Å²) in [6, 6.07) is 4.46. The average Bonchev–Trinajstić information content (AvgIpc) is 3.23. The molecule has 134 valence electrons. The summed E-state index contributed by atoms with van der Waals surface area (Å²) < 4.78 is 1.30. The van der Waals surface area contributed by atoms with Crippen molar-refractivity contribution in [2.45, 2.75) is 19.4 Å². The summed E-state index contributed by atoms with van der Waals surface area (Å²) in [6.07, 6.45) is 3.52. The van der Waals surface area contributed by atoms with Crippen molar-refractivity contribution in [1.82, 2.24) is 19.7 Å². The van der Waals surface area contributed by atoms with Gasteiger partial charge in [0.25, 0.3) is 11.6 Å². The van der Waals surface area contributed by atoms with E-state index in [1.54, 1.807) is 11.0 Å². The molecule has 0 bridgehead atoms. The summed E-state index contributed by atoms with van der Waals surface area (Å²) in [7, 11) is 0. The van der Waals surface area contributed by atoms with Crippen molar-refractivity contribution in [2.24, 2.45) is 11.7 Å². The quantitative estimate of drug-likeness (QED) is 0.645. The molecule has 0 saturated carbocycles. The molecule has 2 heterocycles. The Kier molecular flexibility index (Phi) is 5.70. The highest BCUT2D eigenvalue weighted by Crippen LogP contribution is 2.28. The van der Waals surface area contributed by atoms with E-state index in [9.17, 15) is 14.9 Å². The van der Waals surface area contributed by atoms with Crippen molar-refractivity contribution in [3.63, 3.8) is 0 Å². The molecule has 0 radical (unpaired) electrons. The van der Waals surface area contributed by atoms with Crippen molar-refractivity contribution in [2.75, 3.05) is 13.1 Å². The number of nitro benzene ring substituents is 1. The Morgan fingerprint density at radius 2 is 2.24 bits per heavy atom. The second kappa shape index (κ2) is 7.58. The van der Waals surface area contributed by atoms with Crippen LogP contribution in [-0.4, -0.2) is 49.6 Å². The smallest absolute Gasteiger partial charge is 0.295 e. The number of halogens is 1. The maximum Gasteiger partial charge on any atom is 0.295 e. The van der Waals surface area contributed by atoms with Gasteiger partial charge in [-0.15, -0.1) is 12.4 Å². The molecule has 25 heavy (non-hydrogen) atoms. The minimum atomic E-state index is -0.524. The minimum absolute atomic E-state index is 0. The van der Waals surface area contributed by atoms with E-state index in [2.05, 4.69) is 10.1 Å². The van der Waals surface area contributed by atoms with Gasteiger partial charge >= 0.3 is 0 Å². The third-order valence-corrected chi connectivity index (χ3v) is 4.34. The van der Waals surface area contributed by atoms with Gasteiger partial charge in [0.05, 0.1) is 4.92 Å². The fraction of sp³-hybridized carbons (Fsp3) is 0.400. The van der Waals surface area contributed by atoms with Gasteiger partial charge in [0.15, 0.2) is 0 Å². The number of likely N-dealkylation sites (tertiary alicyclic amines) is 1. The standard InChI is InChI=1S/C15H18N6O3.ClH/c1-10-4-11(6-16)7-19(10)15(22)12-2-3-13(14(5-12)21(23)24)20-9-17-8-18-20;/h2-3,5,8-11H,4,6-7,16H2,1H3;1H. The number of amides is 1. The number of aromatic nitrogens is 3. The summed E-state index contributed by atoms with van der Waals surface area (Å²) in [6.45, 7) is 3.07. The molecule has 1 aromatic heterocycles. The molecule has 2 unspecified atom stereocenters. The molecule has 1 amide bonds. The Balaban J connectivity index is 0.00000225. The van der Waals surface area contributed by atoms with Gasteiger partial charge in [0.1, 0.15) is 18.3 Å². The number of nitro groups is 1. The normalized spacial score (nSPS) is 19.5.